The van der Waals surface area contributed by atoms with Crippen molar-refractivity contribution in [2.75, 3.05) is 0 Å². The third-order valence-corrected chi connectivity index (χ3v) is 2.51. The summed E-state index contributed by atoms with van der Waals surface area (Å²) in [6.45, 7) is 9.64. The van der Waals surface area contributed by atoms with Crippen molar-refractivity contribution >= 4 is 5.91 Å². The highest BCUT2D eigenvalue weighted by atomic mass is 16.3. The van der Waals surface area contributed by atoms with Crippen LogP contribution in [-0.2, 0) is 4.79 Å². The van der Waals surface area contributed by atoms with Gasteiger partial charge in [0, 0.05) is 6.04 Å². The number of amides is 1. The molecule has 0 bridgehead atoms. The zero-order chi connectivity index (χ0) is 13.0. The maximum atomic E-state index is 11.7. The van der Waals surface area contributed by atoms with E-state index >= 15 is 0 Å². The lowest BCUT2D eigenvalue weighted by Gasteiger charge is -2.19. The Hall–Kier alpha value is -1.29. The molecule has 2 atom stereocenters. The predicted octanol–water partition coefficient (Wildman–Crippen LogP) is 2.15. The summed E-state index contributed by atoms with van der Waals surface area (Å²) in [5, 5.41) is 6.08. The largest absolute Gasteiger partial charge is 0.465 e. The van der Waals surface area contributed by atoms with Gasteiger partial charge in [-0.05, 0) is 46.8 Å². The summed E-state index contributed by atoms with van der Waals surface area (Å²) in [7, 11) is 0. The summed E-state index contributed by atoms with van der Waals surface area (Å²) in [6.07, 6.45) is 0. The fourth-order valence-corrected chi connectivity index (χ4v) is 1.63. The summed E-state index contributed by atoms with van der Waals surface area (Å²) >= 11 is 0. The molecule has 0 radical (unpaired) electrons. The number of furan rings is 1. The van der Waals surface area contributed by atoms with E-state index in [4.69, 9.17) is 4.42 Å². The molecule has 2 unspecified atom stereocenters. The molecule has 0 aliphatic heterocycles. The van der Waals surface area contributed by atoms with E-state index in [1.807, 2.05) is 46.8 Å². The van der Waals surface area contributed by atoms with Gasteiger partial charge in [-0.15, -0.1) is 0 Å². The van der Waals surface area contributed by atoms with E-state index in [0.717, 1.165) is 11.5 Å². The van der Waals surface area contributed by atoms with E-state index in [0.29, 0.717) is 0 Å². The van der Waals surface area contributed by atoms with Crippen LogP contribution in [0.3, 0.4) is 0 Å². The maximum Gasteiger partial charge on any atom is 0.237 e. The molecular weight excluding hydrogens is 216 g/mol. The Morgan fingerprint density at radius 3 is 2.35 bits per heavy atom. The van der Waals surface area contributed by atoms with Gasteiger partial charge in [0.15, 0.2) is 0 Å². The maximum absolute atomic E-state index is 11.7. The SMILES string of the molecule is Cc1ccc(C(C)NC(C)C(=O)NC(C)C)o1. The second-order valence-corrected chi connectivity index (χ2v) is 4.72. The molecule has 1 rings (SSSR count). The van der Waals surface area contributed by atoms with Crippen molar-refractivity contribution in [2.24, 2.45) is 0 Å². The van der Waals surface area contributed by atoms with Crippen LogP contribution in [0.15, 0.2) is 16.5 Å². The lowest BCUT2D eigenvalue weighted by Crippen LogP contribution is -2.45. The van der Waals surface area contributed by atoms with Crippen LogP contribution in [0.25, 0.3) is 0 Å². The van der Waals surface area contributed by atoms with Crippen molar-refractivity contribution in [3.05, 3.63) is 23.7 Å². The highest BCUT2D eigenvalue weighted by Crippen LogP contribution is 2.15. The Balaban J connectivity index is 2.51. The van der Waals surface area contributed by atoms with Crippen molar-refractivity contribution in [3.8, 4) is 0 Å². The van der Waals surface area contributed by atoms with Gasteiger partial charge in [0.05, 0.1) is 12.1 Å². The third-order valence-electron chi connectivity index (χ3n) is 2.51. The minimum atomic E-state index is -0.238. The standard InChI is InChI=1S/C13H22N2O2/c1-8(2)14-13(16)11(5)15-10(4)12-7-6-9(3)17-12/h6-8,10-11,15H,1-5H3,(H,14,16). The number of aryl methyl sites for hydroxylation is 1. The predicted molar refractivity (Wildman–Crippen MR) is 67.7 cm³/mol. The van der Waals surface area contributed by atoms with E-state index in [9.17, 15) is 4.79 Å². The second-order valence-electron chi connectivity index (χ2n) is 4.72. The molecule has 0 aliphatic rings. The summed E-state index contributed by atoms with van der Waals surface area (Å²) in [4.78, 5) is 11.7. The van der Waals surface area contributed by atoms with Crippen molar-refractivity contribution in [3.63, 3.8) is 0 Å². The molecule has 4 nitrogen and oxygen atoms in total. The van der Waals surface area contributed by atoms with Crippen molar-refractivity contribution < 1.29 is 9.21 Å². The molecule has 1 heterocycles. The molecule has 0 fully saturated rings. The number of nitrogens with one attached hydrogen (secondary N) is 2. The smallest absolute Gasteiger partial charge is 0.237 e. The Labute approximate surface area is 103 Å². The van der Waals surface area contributed by atoms with E-state index < -0.39 is 0 Å². The highest BCUT2D eigenvalue weighted by molar-refractivity contribution is 5.81. The molecule has 1 amide bonds. The van der Waals surface area contributed by atoms with Crippen LogP contribution in [0.4, 0.5) is 0 Å². The van der Waals surface area contributed by atoms with Gasteiger partial charge in [0.25, 0.3) is 0 Å². The average molecular weight is 238 g/mol. The van der Waals surface area contributed by atoms with Gasteiger partial charge in [0.2, 0.25) is 5.91 Å². The second kappa shape index (κ2) is 5.87. The number of rotatable bonds is 5. The molecule has 1 aromatic heterocycles. The fraction of sp³-hybridized carbons (Fsp3) is 0.615. The van der Waals surface area contributed by atoms with Crippen LogP contribution < -0.4 is 10.6 Å². The number of hydrogen-bond acceptors (Lipinski definition) is 3. The minimum Gasteiger partial charge on any atom is -0.465 e. The van der Waals surface area contributed by atoms with E-state index in [1.165, 1.54) is 0 Å². The first kappa shape index (κ1) is 13.8. The van der Waals surface area contributed by atoms with Crippen molar-refractivity contribution in [1.82, 2.24) is 10.6 Å². The van der Waals surface area contributed by atoms with Crippen LogP contribution in [0.2, 0.25) is 0 Å². The fourth-order valence-electron chi connectivity index (χ4n) is 1.63. The molecule has 17 heavy (non-hydrogen) atoms. The lowest BCUT2D eigenvalue weighted by atomic mass is 10.2. The van der Waals surface area contributed by atoms with E-state index in [-0.39, 0.29) is 24.0 Å². The highest BCUT2D eigenvalue weighted by Gasteiger charge is 2.18. The van der Waals surface area contributed by atoms with Crippen LogP contribution in [0.5, 0.6) is 0 Å². The quantitative estimate of drug-likeness (QED) is 0.826. The summed E-state index contributed by atoms with van der Waals surface area (Å²) in [5.74, 6) is 1.75. The van der Waals surface area contributed by atoms with Crippen molar-refractivity contribution in [1.29, 1.82) is 0 Å². The summed E-state index contributed by atoms with van der Waals surface area (Å²) < 4.78 is 5.51. The average Bonchev–Trinajstić information content (AvgIpc) is 2.63. The first-order chi connectivity index (χ1) is 7.90. The molecule has 2 N–H and O–H groups in total. The van der Waals surface area contributed by atoms with Crippen LogP contribution >= 0.6 is 0 Å². The zero-order valence-corrected chi connectivity index (χ0v) is 11.2. The number of carbonyl (C=O) groups excluding carboxylic acids is 1. The molecule has 0 saturated carbocycles. The summed E-state index contributed by atoms with van der Waals surface area (Å²) in [5.41, 5.74) is 0. The van der Waals surface area contributed by atoms with Gasteiger partial charge in [-0.1, -0.05) is 0 Å². The van der Waals surface area contributed by atoms with Gasteiger partial charge in [0.1, 0.15) is 11.5 Å². The molecule has 0 aliphatic carbocycles. The number of hydrogen-bond donors (Lipinski definition) is 2. The Morgan fingerprint density at radius 1 is 1.24 bits per heavy atom. The van der Waals surface area contributed by atoms with E-state index in [1.54, 1.807) is 0 Å². The molecular formula is C13H22N2O2. The van der Waals surface area contributed by atoms with Gasteiger partial charge in [-0.2, -0.15) is 0 Å². The Kier molecular flexibility index (Phi) is 4.75. The monoisotopic (exact) mass is 238 g/mol. The van der Waals surface area contributed by atoms with E-state index in [2.05, 4.69) is 10.6 Å². The van der Waals surface area contributed by atoms with Gasteiger partial charge >= 0.3 is 0 Å². The molecule has 96 valence electrons. The minimum absolute atomic E-state index is 0.00938. The first-order valence-electron chi connectivity index (χ1n) is 6.03. The number of carbonyl (C=O) groups is 1. The molecule has 0 spiro atoms. The topological polar surface area (TPSA) is 54.3 Å². The lowest BCUT2D eigenvalue weighted by molar-refractivity contribution is -0.123. The first-order valence-corrected chi connectivity index (χ1v) is 6.03. The Morgan fingerprint density at radius 2 is 1.88 bits per heavy atom. The van der Waals surface area contributed by atoms with Crippen LogP contribution in [0, 0.1) is 6.92 Å². The van der Waals surface area contributed by atoms with Gasteiger partial charge in [-0.3, -0.25) is 10.1 Å². The zero-order valence-electron chi connectivity index (χ0n) is 11.2. The normalized spacial score (nSPS) is 14.7. The molecule has 4 heteroatoms. The van der Waals surface area contributed by atoms with Crippen LogP contribution in [0.1, 0.15) is 45.3 Å². The van der Waals surface area contributed by atoms with Crippen molar-refractivity contribution in [2.45, 2.75) is 52.7 Å². The van der Waals surface area contributed by atoms with Gasteiger partial charge < -0.3 is 9.73 Å². The molecule has 1 aromatic rings. The Bertz CT molecular complexity index is 371. The molecule has 0 saturated heterocycles. The third kappa shape index (κ3) is 4.23. The summed E-state index contributed by atoms with van der Waals surface area (Å²) in [6, 6.07) is 3.80. The van der Waals surface area contributed by atoms with Gasteiger partial charge in [-0.25, -0.2) is 0 Å². The van der Waals surface area contributed by atoms with Crippen LogP contribution in [-0.4, -0.2) is 18.0 Å². The molecule has 0 aromatic carbocycles.